The third-order valence-corrected chi connectivity index (χ3v) is 3.04. The van der Waals surface area contributed by atoms with Crippen molar-refractivity contribution in [2.45, 2.75) is 19.4 Å². The molecule has 6 nitrogen and oxygen atoms in total. The Morgan fingerprint density at radius 2 is 1.75 bits per heavy atom. The number of nitrogens with zero attached hydrogens (tertiary/aromatic N) is 5. The van der Waals surface area contributed by atoms with E-state index in [0.29, 0.717) is 6.54 Å². The quantitative estimate of drug-likeness (QED) is 0.594. The van der Waals surface area contributed by atoms with Crippen LogP contribution in [0.15, 0.2) is 12.3 Å². The second kappa shape index (κ2) is 8.71. The molecule has 0 N–H and O–H groups in total. The SMILES string of the molecule is CN(C)CCCN(C=O)c1ccn(CCCN(C)C)n1. The van der Waals surface area contributed by atoms with Crippen molar-refractivity contribution in [3.05, 3.63) is 12.3 Å². The molecule has 0 bridgehead atoms. The van der Waals surface area contributed by atoms with Crippen LogP contribution in [0.1, 0.15) is 12.8 Å². The number of hydrogen-bond acceptors (Lipinski definition) is 4. The molecule has 0 aliphatic rings. The topological polar surface area (TPSA) is 44.6 Å². The molecule has 0 fully saturated rings. The zero-order valence-electron chi connectivity index (χ0n) is 13.1. The first kappa shape index (κ1) is 16.7. The van der Waals surface area contributed by atoms with Gasteiger partial charge in [-0.3, -0.25) is 14.4 Å². The average Bonchev–Trinajstić information content (AvgIpc) is 2.82. The van der Waals surface area contributed by atoms with Crippen LogP contribution in [0, 0.1) is 0 Å². The molecule has 1 rings (SSSR count). The summed E-state index contributed by atoms with van der Waals surface area (Å²) in [4.78, 5) is 17.1. The van der Waals surface area contributed by atoms with Crippen LogP contribution >= 0.6 is 0 Å². The molecule has 0 aromatic carbocycles. The van der Waals surface area contributed by atoms with E-state index in [-0.39, 0.29) is 0 Å². The summed E-state index contributed by atoms with van der Waals surface area (Å²) in [6, 6.07) is 1.90. The molecule has 0 aliphatic carbocycles. The zero-order valence-corrected chi connectivity index (χ0v) is 13.1. The van der Waals surface area contributed by atoms with Crippen LogP contribution in [0.2, 0.25) is 0 Å². The second-order valence-corrected chi connectivity index (χ2v) is 5.55. The Labute approximate surface area is 121 Å². The van der Waals surface area contributed by atoms with Crippen molar-refractivity contribution in [1.29, 1.82) is 0 Å². The first-order chi connectivity index (χ1) is 9.52. The summed E-state index contributed by atoms with van der Waals surface area (Å²) in [6.45, 7) is 3.59. The molecule has 0 unspecified atom stereocenters. The molecule has 20 heavy (non-hydrogen) atoms. The van der Waals surface area contributed by atoms with E-state index < -0.39 is 0 Å². The van der Waals surface area contributed by atoms with Gasteiger partial charge in [-0.05, 0) is 54.1 Å². The minimum atomic E-state index is 0.705. The van der Waals surface area contributed by atoms with Crippen LogP contribution in [0.25, 0.3) is 0 Å². The highest BCUT2D eigenvalue weighted by atomic mass is 16.1. The van der Waals surface area contributed by atoms with Gasteiger partial charge < -0.3 is 9.80 Å². The van der Waals surface area contributed by atoms with Crippen molar-refractivity contribution in [2.24, 2.45) is 0 Å². The maximum Gasteiger partial charge on any atom is 0.215 e. The third kappa shape index (κ3) is 6.16. The maximum absolute atomic E-state index is 11.2. The van der Waals surface area contributed by atoms with E-state index in [1.54, 1.807) is 4.90 Å². The van der Waals surface area contributed by atoms with Crippen molar-refractivity contribution < 1.29 is 4.79 Å². The highest BCUT2D eigenvalue weighted by Gasteiger charge is 2.08. The minimum absolute atomic E-state index is 0.705. The maximum atomic E-state index is 11.2. The van der Waals surface area contributed by atoms with E-state index in [0.717, 1.165) is 44.7 Å². The van der Waals surface area contributed by atoms with Gasteiger partial charge in [0.2, 0.25) is 6.41 Å². The van der Waals surface area contributed by atoms with Crippen molar-refractivity contribution in [2.75, 3.05) is 52.7 Å². The molecule has 1 aromatic heterocycles. The lowest BCUT2D eigenvalue weighted by Crippen LogP contribution is -2.26. The van der Waals surface area contributed by atoms with Crippen LogP contribution in [-0.2, 0) is 11.3 Å². The van der Waals surface area contributed by atoms with Gasteiger partial charge in [0.1, 0.15) is 0 Å². The standard InChI is InChI=1S/C14H27N5O/c1-16(2)8-5-10-18(13-20)14-7-12-19(15-14)11-6-9-17(3)4/h7,12-13H,5-6,8-11H2,1-4H3. The van der Waals surface area contributed by atoms with Crippen molar-refractivity contribution in [3.63, 3.8) is 0 Å². The number of rotatable bonds is 10. The van der Waals surface area contributed by atoms with Gasteiger partial charge >= 0.3 is 0 Å². The molecule has 114 valence electrons. The zero-order chi connectivity index (χ0) is 15.0. The first-order valence-corrected chi connectivity index (χ1v) is 7.08. The Balaban J connectivity index is 2.44. The summed E-state index contributed by atoms with van der Waals surface area (Å²) in [5.74, 6) is 0.739. The predicted molar refractivity (Wildman–Crippen MR) is 82.0 cm³/mol. The van der Waals surface area contributed by atoms with E-state index in [1.165, 1.54) is 0 Å². The number of carbonyl (C=O) groups is 1. The summed E-state index contributed by atoms with van der Waals surface area (Å²) in [5, 5.41) is 4.46. The molecule has 0 aliphatic heterocycles. The van der Waals surface area contributed by atoms with Gasteiger partial charge in [0, 0.05) is 25.4 Å². The van der Waals surface area contributed by atoms with Crippen LogP contribution in [0.3, 0.4) is 0 Å². The summed E-state index contributed by atoms with van der Waals surface area (Å²) in [7, 11) is 8.19. The lowest BCUT2D eigenvalue weighted by atomic mass is 10.3. The largest absolute Gasteiger partial charge is 0.309 e. The number of aryl methyl sites for hydroxylation is 1. The van der Waals surface area contributed by atoms with Crippen molar-refractivity contribution in [3.8, 4) is 0 Å². The van der Waals surface area contributed by atoms with E-state index >= 15 is 0 Å². The minimum Gasteiger partial charge on any atom is -0.309 e. The summed E-state index contributed by atoms with van der Waals surface area (Å²) < 4.78 is 1.90. The highest BCUT2D eigenvalue weighted by molar-refractivity contribution is 5.72. The third-order valence-electron chi connectivity index (χ3n) is 3.04. The summed E-state index contributed by atoms with van der Waals surface area (Å²) in [6.07, 6.45) is 4.80. The van der Waals surface area contributed by atoms with E-state index in [1.807, 2.05) is 31.0 Å². The van der Waals surface area contributed by atoms with Gasteiger partial charge in [0.25, 0.3) is 0 Å². The molecule has 1 aromatic rings. The molecular weight excluding hydrogens is 254 g/mol. The molecule has 0 atom stereocenters. The van der Waals surface area contributed by atoms with Gasteiger partial charge in [-0.2, -0.15) is 5.10 Å². The van der Waals surface area contributed by atoms with E-state index in [4.69, 9.17) is 0 Å². The number of anilines is 1. The van der Waals surface area contributed by atoms with Crippen LogP contribution in [0.4, 0.5) is 5.82 Å². The Morgan fingerprint density at radius 3 is 2.35 bits per heavy atom. The first-order valence-electron chi connectivity index (χ1n) is 7.08. The smallest absolute Gasteiger partial charge is 0.215 e. The Hall–Kier alpha value is -1.40. The Morgan fingerprint density at radius 1 is 1.10 bits per heavy atom. The van der Waals surface area contributed by atoms with Gasteiger partial charge in [-0.1, -0.05) is 0 Å². The average molecular weight is 281 g/mol. The van der Waals surface area contributed by atoms with E-state index in [9.17, 15) is 4.79 Å². The highest BCUT2D eigenvalue weighted by Crippen LogP contribution is 2.09. The number of aromatic nitrogens is 2. The van der Waals surface area contributed by atoms with Crippen LogP contribution < -0.4 is 4.90 Å². The second-order valence-electron chi connectivity index (χ2n) is 5.55. The molecule has 0 spiro atoms. The molecule has 1 heterocycles. The fourth-order valence-electron chi connectivity index (χ4n) is 1.96. The van der Waals surface area contributed by atoms with Crippen LogP contribution in [-0.4, -0.2) is 73.8 Å². The molecule has 0 radical (unpaired) electrons. The molecular formula is C14H27N5O. The number of carbonyl (C=O) groups excluding carboxylic acids is 1. The number of hydrogen-bond donors (Lipinski definition) is 0. The lowest BCUT2D eigenvalue weighted by molar-refractivity contribution is -0.107. The van der Waals surface area contributed by atoms with E-state index in [2.05, 4.69) is 29.0 Å². The summed E-state index contributed by atoms with van der Waals surface area (Å²) in [5.41, 5.74) is 0. The molecule has 6 heteroatoms. The van der Waals surface area contributed by atoms with Gasteiger partial charge in [-0.25, -0.2) is 0 Å². The fourth-order valence-corrected chi connectivity index (χ4v) is 1.96. The Bertz CT molecular complexity index is 389. The van der Waals surface area contributed by atoms with Gasteiger partial charge in [0.15, 0.2) is 5.82 Å². The van der Waals surface area contributed by atoms with Crippen LogP contribution in [0.5, 0.6) is 0 Å². The molecule has 0 saturated heterocycles. The number of amides is 1. The molecule has 1 amide bonds. The summed E-state index contributed by atoms with van der Waals surface area (Å²) >= 11 is 0. The fraction of sp³-hybridized carbons (Fsp3) is 0.714. The van der Waals surface area contributed by atoms with Gasteiger partial charge in [0.05, 0.1) is 0 Å². The normalized spacial score (nSPS) is 11.3. The van der Waals surface area contributed by atoms with Crippen molar-refractivity contribution >= 4 is 12.2 Å². The van der Waals surface area contributed by atoms with Crippen molar-refractivity contribution in [1.82, 2.24) is 19.6 Å². The van der Waals surface area contributed by atoms with Gasteiger partial charge in [-0.15, -0.1) is 0 Å². The monoisotopic (exact) mass is 281 g/mol. The lowest BCUT2D eigenvalue weighted by Gasteiger charge is -2.16. The molecule has 0 saturated carbocycles. The predicted octanol–water partition coefficient (Wildman–Crippen LogP) is 0.749. The Kier molecular flexibility index (Phi) is 7.25.